The summed E-state index contributed by atoms with van der Waals surface area (Å²) < 4.78 is 11.5. The number of methoxy groups -OCH3 is 1. The molecule has 0 heterocycles. The van der Waals surface area contributed by atoms with Crippen LogP contribution >= 0.6 is 15.9 Å². The van der Waals surface area contributed by atoms with Crippen molar-refractivity contribution in [2.75, 3.05) is 7.11 Å². The number of allylic oxidation sites excluding steroid dienone is 2. The second-order valence-electron chi connectivity index (χ2n) is 2.80. The van der Waals surface area contributed by atoms with Crippen LogP contribution in [0.1, 0.15) is 13.8 Å². The third-order valence-corrected chi connectivity index (χ3v) is 2.44. The number of ether oxygens (including phenoxy) is 2. The Kier molecular flexibility index (Phi) is 4.01. The largest absolute Gasteiger partial charge is 0.497 e. The van der Waals surface area contributed by atoms with Gasteiger partial charge in [0.15, 0.2) is 0 Å². The number of hydrogen-bond donors (Lipinski definition) is 0. The Hall–Kier alpha value is -0.960. The van der Waals surface area contributed by atoms with Crippen LogP contribution in [0.3, 0.4) is 0 Å². The third-order valence-electron chi connectivity index (χ3n) is 1.82. The van der Waals surface area contributed by atoms with Crippen molar-refractivity contribution >= 4 is 15.9 Å². The van der Waals surface area contributed by atoms with Gasteiger partial charge in [0.2, 0.25) is 0 Å². The molecule has 3 heteroatoms. The first-order valence-corrected chi connectivity index (χ1v) is 5.11. The van der Waals surface area contributed by atoms with E-state index in [1.807, 2.05) is 38.1 Å². The van der Waals surface area contributed by atoms with Gasteiger partial charge in [0.1, 0.15) is 11.5 Å². The molecule has 0 aromatic heterocycles. The fourth-order valence-corrected chi connectivity index (χ4v) is 1.36. The van der Waals surface area contributed by atoms with E-state index in [1.54, 1.807) is 7.11 Å². The van der Waals surface area contributed by atoms with Gasteiger partial charge in [-0.15, -0.1) is 0 Å². The number of benzene rings is 1. The second kappa shape index (κ2) is 5.05. The summed E-state index contributed by atoms with van der Waals surface area (Å²) in [4.78, 5) is 0. The van der Waals surface area contributed by atoms with E-state index in [-0.39, 0.29) is 0 Å². The lowest BCUT2D eigenvalue weighted by Gasteiger charge is -2.08. The standard InChI is InChI=1S/C11H13BrO2/c1-4-8(2)14-11-6-5-9(13-3)7-10(11)12/h4-7H,1-3H3/b8-4-. The molecule has 0 fully saturated rings. The molecular formula is C11H13BrO2. The first-order chi connectivity index (χ1) is 6.67. The molecule has 1 aromatic rings. The Labute approximate surface area is 92.7 Å². The molecule has 0 bridgehead atoms. The lowest BCUT2D eigenvalue weighted by atomic mass is 10.3. The predicted molar refractivity (Wildman–Crippen MR) is 60.8 cm³/mol. The van der Waals surface area contributed by atoms with Crippen LogP contribution in [-0.4, -0.2) is 7.11 Å². The van der Waals surface area contributed by atoms with Crippen molar-refractivity contribution < 1.29 is 9.47 Å². The topological polar surface area (TPSA) is 18.5 Å². The summed E-state index contributed by atoms with van der Waals surface area (Å²) in [5, 5.41) is 0. The van der Waals surface area contributed by atoms with Crippen LogP contribution < -0.4 is 9.47 Å². The van der Waals surface area contributed by atoms with Gasteiger partial charge < -0.3 is 9.47 Å². The van der Waals surface area contributed by atoms with E-state index in [1.165, 1.54) is 0 Å². The fraction of sp³-hybridized carbons (Fsp3) is 0.273. The number of rotatable bonds is 3. The van der Waals surface area contributed by atoms with Gasteiger partial charge >= 0.3 is 0 Å². The van der Waals surface area contributed by atoms with Crippen molar-refractivity contribution in [1.29, 1.82) is 0 Å². The minimum atomic E-state index is 0.793. The van der Waals surface area contributed by atoms with Gasteiger partial charge in [-0.1, -0.05) is 0 Å². The average molecular weight is 257 g/mol. The molecule has 0 saturated carbocycles. The van der Waals surface area contributed by atoms with Crippen LogP contribution in [0.5, 0.6) is 11.5 Å². The van der Waals surface area contributed by atoms with Crippen LogP contribution in [-0.2, 0) is 0 Å². The zero-order valence-electron chi connectivity index (χ0n) is 8.50. The Morgan fingerprint density at radius 2 is 2.14 bits per heavy atom. The van der Waals surface area contributed by atoms with E-state index in [0.717, 1.165) is 21.7 Å². The predicted octanol–water partition coefficient (Wildman–Crippen LogP) is 3.76. The third kappa shape index (κ3) is 2.77. The maximum Gasteiger partial charge on any atom is 0.141 e. The summed E-state index contributed by atoms with van der Waals surface area (Å²) in [6.07, 6.45) is 1.91. The van der Waals surface area contributed by atoms with E-state index in [2.05, 4.69) is 15.9 Å². The molecule has 0 aliphatic rings. The van der Waals surface area contributed by atoms with Gasteiger partial charge in [0.25, 0.3) is 0 Å². The summed E-state index contributed by atoms with van der Waals surface area (Å²) in [7, 11) is 1.64. The molecule has 0 spiro atoms. The molecular weight excluding hydrogens is 244 g/mol. The highest BCUT2D eigenvalue weighted by Crippen LogP contribution is 2.30. The van der Waals surface area contributed by atoms with Crippen molar-refractivity contribution in [3.63, 3.8) is 0 Å². The van der Waals surface area contributed by atoms with E-state index in [0.29, 0.717) is 0 Å². The zero-order chi connectivity index (χ0) is 10.6. The molecule has 76 valence electrons. The van der Waals surface area contributed by atoms with Crippen LogP contribution in [0, 0.1) is 0 Å². The molecule has 0 aliphatic heterocycles. The van der Waals surface area contributed by atoms with Crippen LogP contribution in [0.15, 0.2) is 34.5 Å². The van der Waals surface area contributed by atoms with E-state index in [9.17, 15) is 0 Å². The highest BCUT2D eigenvalue weighted by molar-refractivity contribution is 9.10. The van der Waals surface area contributed by atoms with Gasteiger partial charge in [-0.2, -0.15) is 0 Å². The smallest absolute Gasteiger partial charge is 0.141 e. The molecule has 0 radical (unpaired) electrons. The first-order valence-electron chi connectivity index (χ1n) is 4.31. The first kappa shape index (κ1) is 11.1. The van der Waals surface area contributed by atoms with Gasteiger partial charge in [-0.25, -0.2) is 0 Å². The summed E-state index contributed by atoms with van der Waals surface area (Å²) >= 11 is 3.41. The van der Waals surface area contributed by atoms with Crippen molar-refractivity contribution in [3.8, 4) is 11.5 Å². The van der Waals surface area contributed by atoms with Crippen molar-refractivity contribution in [1.82, 2.24) is 0 Å². The molecule has 0 N–H and O–H groups in total. The van der Waals surface area contributed by atoms with Crippen molar-refractivity contribution in [2.45, 2.75) is 13.8 Å². The highest BCUT2D eigenvalue weighted by atomic mass is 79.9. The minimum absolute atomic E-state index is 0.793. The molecule has 2 nitrogen and oxygen atoms in total. The SMILES string of the molecule is C/C=C(/C)Oc1ccc(OC)cc1Br. The lowest BCUT2D eigenvalue weighted by Crippen LogP contribution is -1.91. The Morgan fingerprint density at radius 1 is 1.43 bits per heavy atom. The van der Waals surface area contributed by atoms with E-state index in [4.69, 9.17) is 9.47 Å². The van der Waals surface area contributed by atoms with E-state index < -0.39 is 0 Å². The van der Waals surface area contributed by atoms with Crippen molar-refractivity contribution in [2.24, 2.45) is 0 Å². The molecule has 0 aliphatic carbocycles. The maximum absolute atomic E-state index is 5.55. The number of hydrogen-bond acceptors (Lipinski definition) is 2. The maximum atomic E-state index is 5.55. The average Bonchev–Trinajstić information content (AvgIpc) is 2.20. The monoisotopic (exact) mass is 256 g/mol. The molecule has 0 saturated heterocycles. The second-order valence-corrected chi connectivity index (χ2v) is 3.65. The van der Waals surface area contributed by atoms with Gasteiger partial charge in [-0.05, 0) is 54.1 Å². The highest BCUT2D eigenvalue weighted by Gasteiger charge is 2.03. The Balaban J connectivity index is 2.89. The summed E-state index contributed by atoms with van der Waals surface area (Å²) in [5.74, 6) is 2.47. The molecule has 1 rings (SSSR count). The van der Waals surface area contributed by atoms with Gasteiger partial charge in [-0.3, -0.25) is 0 Å². The molecule has 0 amide bonds. The van der Waals surface area contributed by atoms with Crippen LogP contribution in [0.2, 0.25) is 0 Å². The Morgan fingerprint density at radius 3 is 2.64 bits per heavy atom. The fourth-order valence-electron chi connectivity index (χ4n) is 0.924. The summed E-state index contributed by atoms with van der Waals surface area (Å²) in [6.45, 7) is 3.85. The van der Waals surface area contributed by atoms with Gasteiger partial charge in [0, 0.05) is 0 Å². The van der Waals surface area contributed by atoms with Crippen LogP contribution in [0.25, 0.3) is 0 Å². The minimum Gasteiger partial charge on any atom is -0.497 e. The normalized spacial score (nSPS) is 11.3. The Bertz CT molecular complexity index is 345. The molecule has 0 unspecified atom stereocenters. The zero-order valence-corrected chi connectivity index (χ0v) is 10.1. The molecule has 14 heavy (non-hydrogen) atoms. The summed E-state index contributed by atoms with van der Waals surface area (Å²) in [5.41, 5.74) is 0. The van der Waals surface area contributed by atoms with Crippen LogP contribution in [0.4, 0.5) is 0 Å². The molecule has 0 atom stereocenters. The lowest BCUT2D eigenvalue weighted by molar-refractivity contribution is 0.406. The number of halogens is 1. The molecule has 1 aromatic carbocycles. The quantitative estimate of drug-likeness (QED) is 0.767. The van der Waals surface area contributed by atoms with Gasteiger partial charge in [0.05, 0.1) is 17.3 Å². The van der Waals surface area contributed by atoms with E-state index >= 15 is 0 Å². The van der Waals surface area contributed by atoms with Crippen molar-refractivity contribution in [3.05, 3.63) is 34.5 Å². The summed E-state index contributed by atoms with van der Waals surface area (Å²) in [6, 6.07) is 5.61.